The highest BCUT2D eigenvalue weighted by atomic mass is 16.5. The van der Waals surface area contributed by atoms with Crippen LogP contribution in [-0.4, -0.2) is 31.7 Å². The molecule has 2 rings (SSSR count). The molecule has 108 valence electrons. The van der Waals surface area contributed by atoms with Gasteiger partial charge in [0, 0.05) is 19.0 Å². The van der Waals surface area contributed by atoms with E-state index in [0.29, 0.717) is 17.9 Å². The van der Waals surface area contributed by atoms with Gasteiger partial charge in [-0.3, -0.25) is 4.79 Å². The van der Waals surface area contributed by atoms with Crippen molar-refractivity contribution in [2.24, 2.45) is 5.92 Å². The SMILES string of the molecule is COC(=O)C(C)CN(C)c1nc2ccccc2cc1C#N. The number of carbonyl (C=O) groups is 1. The smallest absolute Gasteiger partial charge is 0.310 e. The molecule has 1 aromatic heterocycles. The predicted octanol–water partition coefficient (Wildman–Crippen LogP) is 2.35. The average molecular weight is 283 g/mol. The molecule has 0 amide bonds. The van der Waals surface area contributed by atoms with Crippen molar-refractivity contribution in [3.05, 3.63) is 35.9 Å². The van der Waals surface area contributed by atoms with Crippen molar-refractivity contribution < 1.29 is 9.53 Å². The van der Waals surface area contributed by atoms with Crippen molar-refractivity contribution in [1.82, 2.24) is 4.98 Å². The maximum atomic E-state index is 11.5. The highest BCUT2D eigenvalue weighted by Gasteiger charge is 2.18. The summed E-state index contributed by atoms with van der Waals surface area (Å²) in [4.78, 5) is 17.9. The molecule has 5 heteroatoms. The summed E-state index contributed by atoms with van der Waals surface area (Å²) in [7, 11) is 3.19. The fourth-order valence-electron chi connectivity index (χ4n) is 2.25. The first-order valence-corrected chi connectivity index (χ1v) is 6.65. The zero-order valence-corrected chi connectivity index (χ0v) is 12.3. The van der Waals surface area contributed by atoms with Crippen LogP contribution in [0.3, 0.4) is 0 Å². The van der Waals surface area contributed by atoms with Crippen molar-refractivity contribution in [3.63, 3.8) is 0 Å². The zero-order valence-electron chi connectivity index (χ0n) is 12.3. The van der Waals surface area contributed by atoms with Gasteiger partial charge in [0.2, 0.25) is 0 Å². The van der Waals surface area contributed by atoms with Gasteiger partial charge in [-0.2, -0.15) is 5.26 Å². The number of nitrogens with zero attached hydrogens (tertiary/aromatic N) is 3. The van der Waals surface area contributed by atoms with Gasteiger partial charge in [-0.1, -0.05) is 25.1 Å². The van der Waals surface area contributed by atoms with Gasteiger partial charge in [0.15, 0.2) is 0 Å². The minimum Gasteiger partial charge on any atom is -0.469 e. The summed E-state index contributed by atoms with van der Waals surface area (Å²) in [6.45, 7) is 2.22. The fraction of sp³-hybridized carbons (Fsp3) is 0.312. The lowest BCUT2D eigenvalue weighted by molar-refractivity contribution is -0.144. The first kappa shape index (κ1) is 14.8. The number of aromatic nitrogens is 1. The Morgan fingerprint density at radius 3 is 2.86 bits per heavy atom. The summed E-state index contributed by atoms with van der Waals surface area (Å²) in [6.07, 6.45) is 0. The molecular weight excluding hydrogens is 266 g/mol. The second-order valence-electron chi connectivity index (χ2n) is 4.97. The third kappa shape index (κ3) is 3.11. The maximum Gasteiger partial charge on any atom is 0.310 e. The standard InChI is InChI=1S/C16H17N3O2/c1-11(16(20)21-3)10-19(2)15-13(9-17)8-12-6-4-5-7-14(12)18-15/h4-8,11H,10H2,1-3H3. The van der Waals surface area contributed by atoms with E-state index in [1.54, 1.807) is 6.92 Å². The Balaban J connectivity index is 2.36. The van der Waals surface area contributed by atoms with E-state index in [9.17, 15) is 10.1 Å². The van der Waals surface area contributed by atoms with E-state index in [4.69, 9.17) is 4.74 Å². The lowest BCUT2D eigenvalue weighted by atomic mass is 10.1. The summed E-state index contributed by atoms with van der Waals surface area (Å²) >= 11 is 0. The number of methoxy groups -OCH3 is 1. The van der Waals surface area contributed by atoms with Crippen LogP contribution in [0.4, 0.5) is 5.82 Å². The largest absolute Gasteiger partial charge is 0.469 e. The quantitative estimate of drug-likeness (QED) is 0.806. The highest BCUT2D eigenvalue weighted by molar-refractivity contribution is 5.83. The highest BCUT2D eigenvalue weighted by Crippen LogP contribution is 2.23. The molecule has 0 aliphatic carbocycles. The Bertz CT molecular complexity index is 706. The zero-order chi connectivity index (χ0) is 15.4. The van der Waals surface area contributed by atoms with E-state index in [1.807, 2.05) is 42.3 Å². The van der Waals surface area contributed by atoms with Crippen LogP contribution >= 0.6 is 0 Å². The van der Waals surface area contributed by atoms with Crippen LogP contribution in [0.5, 0.6) is 0 Å². The molecule has 2 aromatic rings. The van der Waals surface area contributed by atoms with Gasteiger partial charge in [-0.25, -0.2) is 4.98 Å². The first-order valence-electron chi connectivity index (χ1n) is 6.65. The number of hydrogen-bond donors (Lipinski definition) is 0. The van der Waals surface area contributed by atoms with Gasteiger partial charge in [0.1, 0.15) is 11.9 Å². The van der Waals surface area contributed by atoms with Crippen LogP contribution in [-0.2, 0) is 9.53 Å². The number of anilines is 1. The van der Waals surface area contributed by atoms with Gasteiger partial charge in [-0.15, -0.1) is 0 Å². The van der Waals surface area contributed by atoms with Crippen LogP contribution in [0.25, 0.3) is 10.9 Å². The number of esters is 1. The molecule has 1 aromatic carbocycles. The van der Waals surface area contributed by atoms with Gasteiger partial charge < -0.3 is 9.64 Å². The molecule has 1 heterocycles. The Kier molecular flexibility index (Phi) is 4.39. The van der Waals surface area contributed by atoms with Crippen LogP contribution in [0.1, 0.15) is 12.5 Å². The number of hydrogen-bond acceptors (Lipinski definition) is 5. The van der Waals surface area contributed by atoms with Crippen LogP contribution in [0.2, 0.25) is 0 Å². The summed E-state index contributed by atoms with van der Waals surface area (Å²) in [5.41, 5.74) is 1.32. The topological polar surface area (TPSA) is 66.2 Å². The molecule has 0 aliphatic heterocycles. The third-order valence-corrected chi connectivity index (χ3v) is 3.34. The van der Waals surface area contributed by atoms with Crippen molar-refractivity contribution in [2.45, 2.75) is 6.92 Å². The lowest BCUT2D eigenvalue weighted by Crippen LogP contribution is -2.30. The number of carbonyl (C=O) groups excluding carboxylic acids is 1. The molecule has 0 radical (unpaired) electrons. The second-order valence-corrected chi connectivity index (χ2v) is 4.97. The van der Waals surface area contributed by atoms with E-state index < -0.39 is 0 Å². The Hall–Kier alpha value is -2.61. The van der Waals surface area contributed by atoms with Gasteiger partial charge in [-0.05, 0) is 12.1 Å². The number of para-hydroxylation sites is 1. The van der Waals surface area contributed by atoms with E-state index in [2.05, 4.69) is 11.1 Å². The van der Waals surface area contributed by atoms with Gasteiger partial charge in [0.05, 0.1) is 24.1 Å². The van der Waals surface area contributed by atoms with E-state index in [0.717, 1.165) is 10.9 Å². The molecule has 1 atom stereocenters. The summed E-state index contributed by atoms with van der Waals surface area (Å²) in [6, 6.07) is 11.6. The molecule has 0 saturated carbocycles. The predicted molar refractivity (Wildman–Crippen MR) is 80.9 cm³/mol. The number of nitriles is 1. The molecule has 0 fully saturated rings. The summed E-state index contributed by atoms with van der Waals surface area (Å²) < 4.78 is 4.72. The summed E-state index contributed by atoms with van der Waals surface area (Å²) in [5.74, 6) is 0.00733. The number of rotatable bonds is 4. The van der Waals surface area contributed by atoms with E-state index >= 15 is 0 Å². The van der Waals surface area contributed by atoms with Crippen molar-refractivity contribution in [3.8, 4) is 6.07 Å². The number of fused-ring (bicyclic) bond motifs is 1. The van der Waals surface area contributed by atoms with Crippen LogP contribution in [0.15, 0.2) is 30.3 Å². The molecule has 0 spiro atoms. The summed E-state index contributed by atoms with van der Waals surface area (Å²) in [5, 5.41) is 10.2. The molecule has 0 bridgehead atoms. The number of benzene rings is 1. The van der Waals surface area contributed by atoms with Crippen LogP contribution in [0, 0.1) is 17.2 Å². The third-order valence-electron chi connectivity index (χ3n) is 3.34. The molecule has 0 aliphatic rings. The van der Waals surface area contributed by atoms with Gasteiger partial charge >= 0.3 is 5.97 Å². The number of pyridine rings is 1. The monoisotopic (exact) mass is 283 g/mol. The lowest BCUT2D eigenvalue weighted by Gasteiger charge is -2.22. The van der Waals surface area contributed by atoms with Gasteiger partial charge in [0.25, 0.3) is 0 Å². The second kappa shape index (κ2) is 6.23. The van der Waals surface area contributed by atoms with E-state index in [-0.39, 0.29) is 11.9 Å². The Morgan fingerprint density at radius 1 is 1.48 bits per heavy atom. The minimum atomic E-state index is -0.292. The molecule has 5 nitrogen and oxygen atoms in total. The molecule has 0 N–H and O–H groups in total. The van der Waals surface area contributed by atoms with E-state index in [1.165, 1.54) is 7.11 Å². The molecular formula is C16H17N3O2. The molecule has 21 heavy (non-hydrogen) atoms. The molecule has 0 saturated heterocycles. The first-order chi connectivity index (χ1) is 10.1. The Labute approximate surface area is 123 Å². The van der Waals surface area contributed by atoms with Crippen molar-refractivity contribution in [2.75, 3.05) is 25.6 Å². The van der Waals surface area contributed by atoms with Crippen LogP contribution < -0.4 is 4.90 Å². The van der Waals surface area contributed by atoms with Crippen molar-refractivity contribution in [1.29, 1.82) is 5.26 Å². The Morgan fingerprint density at radius 2 is 2.19 bits per heavy atom. The normalized spacial score (nSPS) is 11.7. The fourth-order valence-corrected chi connectivity index (χ4v) is 2.25. The minimum absolute atomic E-state index is 0.277. The van der Waals surface area contributed by atoms with Crippen molar-refractivity contribution >= 4 is 22.7 Å². The number of ether oxygens (including phenoxy) is 1. The molecule has 1 unspecified atom stereocenters. The average Bonchev–Trinajstić information content (AvgIpc) is 2.52. The maximum absolute atomic E-state index is 11.5.